The van der Waals surface area contributed by atoms with Crippen LogP contribution < -0.4 is 4.89 Å². The fraction of sp³-hybridized carbons (Fsp3) is 0.500. The highest BCUT2D eigenvalue weighted by Crippen LogP contribution is 2.27. The Morgan fingerprint density at radius 2 is 2.00 bits per heavy atom. The van der Waals surface area contributed by atoms with E-state index in [1.807, 2.05) is 4.89 Å². The van der Waals surface area contributed by atoms with Crippen LogP contribution in [0.25, 0.3) is 0 Å². The molecule has 0 aromatic carbocycles. The van der Waals surface area contributed by atoms with Gasteiger partial charge in [-0.25, -0.2) is 13.2 Å². The fourth-order valence-electron chi connectivity index (χ4n) is 1.14. The van der Waals surface area contributed by atoms with Crippen molar-refractivity contribution in [2.24, 2.45) is 0 Å². The second-order valence-corrected chi connectivity index (χ2v) is 7.14. The van der Waals surface area contributed by atoms with Gasteiger partial charge in [0.15, 0.2) is 0 Å². The molecule has 0 aliphatic carbocycles. The van der Waals surface area contributed by atoms with Gasteiger partial charge >= 0.3 is 5.97 Å². The number of thiophene rings is 1. The normalized spacial score (nSPS) is 12.7. The lowest BCUT2D eigenvalue weighted by atomic mass is 10.2. The van der Waals surface area contributed by atoms with Crippen LogP contribution in [0.3, 0.4) is 0 Å². The molecular formula is C10H15NO5S2. The summed E-state index contributed by atoms with van der Waals surface area (Å²) in [5.41, 5.74) is -0.331. The average molecular weight is 293 g/mol. The number of carboxylic acids is 1. The third-order valence-electron chi connectivity index (χ3n) is 1.84. The third-order valence-corrected chi connectivity index (χ3v) is 4.42. The molecule has 0 atom stereocenters. The second-order valence-electron chi connectivity index (χ2n) is 4.68. The molecule has 0 aliphatic heterocycles. The van der Waals surface area contributed by atoms with E-state index in [1.165, 1.54) is 12.3 Å². The van der Waals surface area contributed by atoms with Crippen LogP contribution in [0.15, 0.2) is 10.3 Å². The van der Waals surface area contributed by atoms with Crippen LogP contribution in [0.1, 0.15) is 36.0 Å². The smallest absolute Gasteiger partial charge is 0.347 e. The summed E-state index contributed by atoms with van der Waals surface area (Å²) in [6, 6.07) is 0. The van der Waals surface area contributed by atoms with Gasteiger partial charge < -0.3 is 5.11 Å². The molecular weight excluding hydrogens is 278 g/mol. The minimum atomic E-state index is -4.00. The molecule has 6 nitrogen and oxygen atoms in total. The maximum absolute atomic E-state index is 12.0. The van der Waals surface area contributed by atoms with Crippen molar-refractivity contribution in [1.29, 1.82) is 0 Å². The molecule has 2 N–H and O–H groups in total. The predicted molar refractivity (Wildman–Crippen MR) is 67.2 cm³/mol. The Labute approximate surface area is 110 Å². The molecule has 18 heavy (non-hydrogen) atoms. The van der Waals surface area contributed by atoms with E-state index in [-0.39, 0.29) is 9.77 Å². The van der Waals surface area contributed by atoms with Crippen molar-refractivity contribution in [3.8, 4) is 0 Å². The zero-order chi connectivity index (χ0) is 14.1. The highest BCUT2D eigenvalue weighted by Gasteiger charge is 2.28. The first-order valence-corrected chi connectivity index (χ1v) is 7.42. The topological polar surface area (TPSA) is 92.7 Å². The van der Waals surface area contributed by atoms with Crippen LogP contribution in [0.2, 0.25) is 0 Å². The molecule has 1 rings (SSSR count). The third kappa shape index (κ3) is 3.52. The van der Waals surface area contributed by atoms with Crippen LogP contribution in [0, 0.1) is 6.92 Å². The first-order chi connectivity index (χ1) is 8.04. The first kappa shape index (κ1) is 15.1. The summed E-state index contributed by atoms with van der Waals surface area (Å²) in [5.74, 6) is -1.27. The first-order valence-electron chi connectivity index (χ1n) is 5.06. The van der Waals surface area contributed by atoms with Crippen molar-refractivity contribution in [1.82, 2.24) is 4.89 Å². The number of hydrogen-bond acceptors (Lipinski definition) is 5. The van der Waals surface area contributed by atoms with Crippen molar-refractivity contribution in [2.45, 2.75) is 38.2 Å². The summed E-state index contributed by atoms with van der Waals surface area (Å²) >= 11 is 0.870. The quantitative estimate of drug-likeness (QED) is 0.825. The van der Waals surface area contributed by atoms with E-state index in [9.17, 15) is 13.2 Å². The number of aromatic carboxylic acids is 1. The molecule has 0 aliphatic rings. The largest absolute Gasteiger partial charge is 0.477 e. The Kier molecular flexibility index (Phi) is 4.16. The molecule has 102 valence electrons. The van der Waals surface area contributed by atoms with E-state index in [0.717, 1.165) is 11.3 Å². The summed E-state index contributed by atoms with van der Waals surface area (Å²) in [6.07, 6.45) is 0. The van der Waals surface area contributed by atoms with E-state index in [4.69, 9.17) is 9.94 Å². The van der Waals surface area contributed by atoms with Gasteiger partial charge in [0.25, 0.3) is 10.0 Å². The Morgan fingerprint density at radius 3 is 2.44 bits per heavy atom. The summed E-state index contributed by atoms with van der Waals surface area (Å²) < 4.78 is 24.0. The van der Waals surface area contributed by atoms with E-state index < -0.39 is 21.6 Å². The Morgan fingerprint density at radius 1 is 1.44 bits per heavy atom. The van der Waals surface area contributed by atoms with Gasteiger partial charge in [0.2, 0.25) is 0 Å². The van der Waals surface area contributed by atoms with E-state index in [1.54, 1.807) is 20.8 Å². The Bertz CT molecular complexity index is 553. The summed E-state index contributed by atoms with van der Waals surface area (Å²) in [5, 5.41) is 10.4. The summed E-state index contributed by atoms with van der Waals surface area (Å²) in [7, 11) is -4.00. The summed E-state index contributed by atoms with van der Waals surface area (Å²) in [6.45, 7) is 6.56. The van der Waals surface area contributed by atoms with Crippen LogP contribution in [0.5, 0.6) is 0 Å². The van der Waals surface area contributed by atoms with E-state index >= 15 is 0 Å². The average Bonchev–Trinajstić information content (AvgIpc) is 2.57. The second kappa shape index (κ2) is 4.96. The molecule has 0 fully saturated rings. The van der Waals surface area contributed by atoms with Crippen LogP contribution in [-0.2, 0) is 14.9 Å². The highest BCUT2D eigenvalue weighted by molar-refractivity contribution is 7.89. The van der Waals surface area contributed by atoms with Crippen molar-refractivity contribution in [3.63, 3.8) is 0 Å². The minimum absolute atomic E-state index is 0.225. The molecule has 0 spiro atoms. The Balaban J connectivity index is 3.13. The van der Waals surface area contributed by atoms with Crippen LogP contribution in [-0.4, -0.2) is 25.1 Å². The van der Waals surface area contributed by atoms with Gasteiger partial charge in [0.05, 0.1) is 5.60 Å². The number of carbonyl (C=O) groups is 1. The van der Waals surface area contributed by atoms with Crippen molar-refractivity contribution < 1.29 is 23.2 Å². The summed E-state index contributed by atoms with van der Waals surface area (Å²) in [4.78, 5) is 17.4. The van der Waals surface area contributed by atoms with Crippen molar-refractivity contribution >= 4 is 27.3 Å². The van der Waals surface area contributed by atoms with Crippen molar-refractivity contribution in [2.75, 3.05) is 0 Å². The number of hydrogen-bond donors (Lipinski definition) is 2. The predicted octanol–water partition coefficient (Wildman–Crippen LogP) is 1.76. The van der Waals surface area contributed by atoms with Gasteiger partial charge in [-0.15, -0.1) is 11.3 Å². The SMILES string of the molecule is Cc1csc(C(=O)O)c1S(=O)(=O)NOC(C)(C)C. The standard InChI is InChI=1S/C10H15NO5S2/c1-6-5-17-7(9(12)13)8(6)18(14,15)11-16-10(2,3)4/h5,11H,1-4H3,(H,12,13). The van der Waals surface area contributed by atoms with Gasteiger partial charge in [-0.2, -0.15) is 0 Å². The number of nitrogens with one attached hydrogen (secondary N) is 1. The molecule has 0 saturated carbocycles. The van der Waals surface area contributed by atoms with Crippen molar-refractivity contribution in [3.05, 3.63) is 15.8 Å². The molecule has 0 bridgehead atoms. The lowest BCUT2D eigenvalue weighted by Crippen LogP contribution is -2.34. The van der Waals surface area contributed by atoms with Gasteiger partial charge in [-0.1, -0.05) is 4.89 Å². The fourth-order valence-corrected chi connectivity index (χ4v) is 3.72. The lowest BCUT2D eigenvalue weighted by Gasteiger charge is -2.19. The molecule has 1 aromatic rings. The maximum Gasteiger partial charge on any atom is 0.347 e. The highest BCUT2D eigenvalue weighted by atomic mass is 32.2. The zero-order valence-corrected chi connectivity index (χ0v) is 12.1. The van der Waals surface area contributed by atoms with Crippen LogP contribution in [0.4, 0.5) is 0 Å². The van der Waals surface area contributed by atoms with Gasteiger partial charge in [-0.05, 0) is 38.6 Å². The zero-order valence-electron chi connectivity index (χ0n) is 10.5. The number of carboxylic acid groups (broad SMARTS) is 1. The molecule has 0 amide bonds. The van der Waals surface area contributed by atoms with E-state index in [0.29, 0.717) is 5.56 Å². The van der Waals surface area contributed by atoms with E-state index in [2.05, 4.69) is 0 Å². The maximum atomic E-state index is 12.0. The molecule has 1 heterocycles. The molecule has 1 aromatic heterocycles. The molecule has 8 heteroatoms. The van der Waals surface area contributed by atoms with Gasteiger partial charge in [0, 0.05) is 0 Å². The monoisotopic (exact) mass is 293 g/mol. The number of rotatable bonds is 4. The molecule has 0 unspecified atom stereocenters. The molecule has 0 saturated heterocycles. The Hall–Kier alpha value is -0.960. The van der Waals surface area contributed by atoms with Gasteiger partial charge in [0.1, 0.15) is 9.77 Å². The van der Waals surface area contributed by atoms with Gasteiger partial charge in [-0.3, -0.25) is 4.84 Å². The number of sulfonamides is 1. The lowest BCUT2D eigenvalue weighted by molar-refractivity contribution is -0.0357. The minimum Gasteiger partial charge on any atom is -0.477 e. The molecule has 0 radical (unpaired) electrons. The number of aryl methyl sites for hydroxylation is 1. The van der Waals surface area contributed by atoms with Crippen LogP contribution >= 0.6 is 11.3 Å².